The third-order valence-electron chi connectivity index (χ3n) is 1.14. The van der Waals surface area contributed by atoms with Gasteiger partial charge in [0.25, 0.3) is 0 Å². The van der Waals surface area contributed by atoms with Gasteiger partial charge in [-0.05, 0) is 12.2 Å². The van der Waals surface area contributed by atoms with Crippen LogP contribution in [-0.2, 0) is 0 Å². The summed E-state index contributed by atoms with van der Waals surface area (Å²) in [5.41, 5.74) is 0. The molecule has 1 heterocycles. The number of rotatable bonds is 4. The molecule has 0 amide bonds. The standard InChI is InChI=1S/C5H9N5O2S/c11-1-6-3-8-4(7-2-12)10-5(13)9-3/h11-12H,1-2H2,(H3,6,7,8,9,10,13). The molecule has 0 aliphatic carbocycles. The van der Waals surface area contributed by atoms with Crippen LogP contribution in [0, 0.1) is 4.77 Å². The van der Waals surface area contributed by atoms with Crippen LogP contribution in [0.15, 0.2) is 0 Å². The molecule has 1 aromatic rings. The first-order valence-corrected chi connectivity index (χ1v) is 3.85. The van der Waals surface area contributed by atoms with Crippen LogP contribution in [0.25, 0.3) is 0 Å². The first kappa shape index (κ1) is 9.84. The van der Waals surface area contributed by atoms with Gasteiger partial charge in [0.1, 0.15) is 13.5 Å². The number of aromatic amines is 1. The van der Waals surface area contributed by atoms with Crippen LogP contribution in [0.5, 0.6) is 0 Å². The van der Waals surface area contributed by atoms with Crippen molar-refractivity contribution in [1.29, 1.82) is 0 Å². The average molecular weight is 203 g/mol. The Hall–Kier alpha value is -1.25. The molecule has 8 heteroatoms. The Bertz CT molecular complexity index is 300. The van der Waals surface area contributed by atoms with Gasteiger partial charge in [-0.3, -0.25) is 4.98 Å². The van der Waals surface area contributed by atoms with Crippen molar-refractivity contribution in [1.82, 2.24) is 15.0 Å². The molecule has 13 heavy (non-hydrogen) atoms. The van der Waals surface area contributed by atoms with Crippen LogP contribution >= 0.6 is 12.2 Å². The minimum Gasteiger partial charge on any atom is -0.376 e. The van der Waals surface area contributed by atoms with Crippen molar-refractivity contribution >= 4 is 24.1 Å². The van der Waals surface area contributed by atoms with Crippen LogP contribution in [0.1, 0.15) is 0 Å². The van der Waals surface area contributed by atoms with Gasteiger partial charge < -0.3 is 20.8 Å². The van der Waals surface area contributed by atoms with Crippen molar-refractivity contribution in [3.63, 3.8) is 0 Å². The summed E-state index contributed by atoms with van der Waals surface area (Å²) < 4.78 is 0.116. The molecule has 0 atom stereocenters. The van der Waals surface area contributed by atoms with Crippen LogP contribution in [-0.4, -0.2) is 38.6 Å². The second-order valence-corrected chi connectivity index (χ2v) is 2.36. The fourth-order valence-electron chi connectivity index (χ4n) is 0.702. The Morgan fingerprint density at radius 3 is 2.00 bits per heavy atom. The molecule has 0 saturated heterocycles. The lowest BCUT2D eigenvalue weighted by Gasteiger charge is -2.04. The van der Waals surface area contributed by atoms with Gasteiger partial charge in [0.05, 0.1) is 0 Å². The molecule has 0 saturated carbocycles. The maximum Gasteiger partial charge on any atom is 0.225 e. The van der Waals surface area contributed by atoms with Crippen LogP contribution < -0.4 is 10.6 Å². The number of nitrogens with zero attached hydrogens (tertiary/aromatic N) is 2. The Morgan fingerprint density at radius 2 is 1.62 bits per heavy atom. The van der Waals surface area contributed by atoms with Gasteiger partial charge in [0, 0.05) is 0 Å². The number of aromatic nitrogens is 3. The number of aliphatic hydroxyl groups is 2. The fourth-order valence-corrected chi connectivity index (χ4v) is 0.884. The first-order chi connectivity index (χ1) is 6.26. The molecule has 0 spiro atoms. The van der Waals surface area contributed by atoms with E-state index in [0.29, 0.717) is 11.9 Å². The van der Waals surface area contributed by atoms with Crippen LogP contribution in [0.3, 0.4) is 0 Å². The molecule has 1 aromatic heterocycles. The van der Waals surface area contributed by atoms with Crippen molar-refractivity contribution < 1.29 is 10.2 Å². The number of H-pyrrole nitrogens is 1. The Kier molecular flexibility index (Phi) is 3.55. The Balaban J connectivity index is 2.90. The summed E-state index contributed by atoms with van der Waals surface area (Å²) in [6, 6.07) is 0. The maximum atomic E-state index is 8.54. The minimum atomic E-state index is -0.263. The van der Waals surface area contributed by atoms with E-state index in [1.165, 1.54) is 0 Å². The lowest BCUT2D eigenvalue weighted by Crippen LogP contribution is -2.10. The largest absolute Gasteiger partial charge is 0.376 e. The van der Waals surface area contributed by atoms with Crippen molar-refractivity contribution in [2.45, 2.75) is 0 Å². The molecule has 0 bridgehead atoms. The highest BCUT2D eigenvalue weighted by molar-refractivity contribution is 7.71. The van der Waals surface area contributed by atoms with E-state index in [2.05, 4.69) is 25.6 Å². The van der Waals surface area contributed by atoms with Crippen molar-refractivity contribution in [2.75, 3.05) is 24.1 Å². The zero-order valence-corrected chi connectivity index (χ0v) is 7.43. The number of aliphatic hydroxyl groups excluding tert-OH is 2. The molecule has 0 unspecified atom stereocenters. The molecule has 0 radical (unpaired) electrons. The number of nitrogens with one attached hydrogen (secondary N) is 3. The Morgan fingerprint density at radius 1 is 1.15 bits per heavy atom. The molecular weight excluding hydrogens is 194 g/mol. The molecule has 1 rings (SSSR count). The first-order valence-electron chi connectivity index (χ1n) is 3.44. The minimum absolute atomic E-state index is 0.116. The van der Waals surface area contributed by atoms with Gasteiger partial charge in [-0.25, -0.2) is 0 Å². The second-order valence-electron chi connectivity index (χ2n) is 2.00. The third-order valence-corrected chi connectivity index (χ3v) is 1.33. The predicted octanol–water partition coefficient (Wildman–Crippen LogP) is -0.742. The predicted molar refractivity (Wildman–Crippen MR) is 48.6 cm³/mol. The highest BCUT2D eigenvalue weighted by Gasteiger charge is 1.97. The molecule has 0 aromatic carbocycles. The quantitative estimate of drug-likeness (QED) is 0.324. The van der Waals surface area contributed by atoms with Gasteiger partial charge in [-0.15, -0.1) is 0 Å². The second kappa shape index (κ2) is 4.70. The third kappa shape index (κ3) is 2.93. The van der Waals surface area contributed by atoms with E-state index in [0.717, 1.165) is 0 Å². The Labute approximate surface area is 78.9 Å². The van der Waals surface area contributed by atoms with Crippen molar-refractivity contribution in [2.24, 2.45) is 0 Å². The molecule has 0 fully saturated rings. The summed E-state index contributed by atoms with van der Waals surface area (Å²) >= 11 is 4.73. The van der Waals surface area contributed by atoms with E-state index < -0.39 is 0 Å². The lowest BCUT2D eigenvalue weighted by molar-refractivity contribution is 0.323. The normalized spacial score (nSPS) is 9.69. The van der Waals surface area contributed by atoms with Crippen LogP contribution in [0.4, 0.5) is 11.9 Å². The van der Waals surface area contributed by atoms with Crippen molar-refractivity contribution in [3.8, 4) is 0 Å². The molecule has 7 nitrogen and oxygen atoms in total. The SMILES string of the molecule is OCNc1nc(=S)nc(NCO)[nH]1. The van der Waals surface area contributed by atoms with E-state index in [1.54, 1.807) is 0 Å². The van der Waals surface area contributed by atoms with Gasteiger partial charge in [0.15, 0.2) is 0 Å². The summed E-state index contributed by atoms with van der Waals surface area (Å²) in [7, 11) is 0. The molecule has 0 aliphatic heterocycles. The topological polar surface area (TPSA) is 106 Å². The van der Waals surface area contributed by atoms with E-state index in [9.17, 15) is 0 Å². The number of anilines is 2. The van der Waals surface area contributed by atoms with E-state index in [4.69, 9.17) is 22.4 Å². The summed E-state index contributed by atoms with van der Waals surface area (Å²) in [5.74, 6) is 0.580. The lowest BCUT2D eigenvalue weighted by atomic mass is 10.8. The van der Waals surface area contributed by atoms with E-state index >= 15 is 0 Å². The number of hydrogen-bond acceptors (Lipinski definition) is 7. The van der Waals surface area contributed by atoms with Gasteiger partial charge in [-0.2, -0.15) is 9.97 Å². The molecular formula is C5H9N5O2S. The molecule has 72 valence electrons. The molecule has 0 aliphatic rings. The van der Waals surface area contributed by atoms with E-state index in [1.807, 2.05) is 0 Å². The van der Waals surface area contributed by atoms with Crippen molar-refractivity contribution in [3.05, 3.63) is 4.77 Å². The van der Waals surface area contributed by atoms with Gasteiger partial charge in [-0.1, -0.05) is 0 Å². The van der Waals surface area contributed by atoms with Crippen LogP contribution in [0.2, 0.25) is 0 Å². The smallest absolute Gasteiger partial charge is 0.225 e. The summed E-state index contributed by atoms with van der Waals surface area (Å²) in [6.07, 6.45) is 0. The number of hydrogen-bond donors (Lipinski definition) is 5. The maximum absolute atomic E-state index is 8.54. The monoisotopic (exact) mass is 203 g/mol. The molecule has 5 N–H and O–H groups in total. The van der Waals surface area contributed by atoms with Gasteiger partial charge in [0.2, 0.25) is 16.7 Å². The summed E-state index contributed by atoms with van der Waals surface area (Å²) in [4.78, 5) is 10.2. The summed E-state index contributed by atoms with van der Waals surface area (Å²) in [6.45, 7) is -0.526. The highest BCUT2D eigenvalue weighted by Crippen LogP contribution is 2.01. The van der Waals surface area contributed by atoms with Gasteiger partial charge >= 0.3 is 0 Å². The zero-order chi connectivity index (χ0) is 9.68. The summed E-state index contributed by atoms with van der Waals surface area (Å²) in [5, 5.41) is 22.1. The average Bonchev–Trinajstić information content (AvgIpc) is 2.04. The van der Waals surface area contributed by atoms with E-state index in [-0.39, 0.29) is 18.2 Å². The zero-order valence-electron chi connectivity index (χ0n) is 6.61. The highest BCUT2D eigenvalue weighted by atomic mass is 32.1. The fraction of sp³-hybridized carbons (Fsp3) is 0.400.